The normalized spacial score (nSPS) is 27.0. The molecule has 11 rings (SSSR count). The molecule has 3 nitrogen and oxygen atoms in total. The summed E-state index contributed by atoms with van der Waals surface area (Å²) in [6.07, 6.45) is 9.99. The number of hydrogen-bond donors (Lipinski definition) is 0. The summed E-state index contributed by atoms with van der Waals surface area (Å²) in [5, 5.41) is 1.58. The smallest absolute Gasteiger partial charge is 0.252 e. The van der Waals surface area contributed by atoms with Crippen LogP contribution in [0, 0.1) is 0 Å². The Morgan fingerprint density at radius 2 is 1.10 bits per heavy atom. The van der Waals surface area contributed by atoms with E-state index in [9.17, 15) is 0 Å². The molecule has 0 bridgehead atoms. The van der Waals surface area contributed by atoms with Crippen LogP contribution in [0.25, 0.3) is 0 Å². The Bertz CT molecular complexity index is 2700. The Morgan fingerprint density at radius 1 is 0.516 bits per heavy atom. The van der Waals surface area contributed by atoms with Gasteiger partial charge in [-0.05, 0) is 125 Å². The minimum Gasteiger partial charge on any atom is -0.335 e. The molecule has 0 radical (unpaired) electrons. The number of fused-ring (bicyclic) bond motifs is 10. The molecule has 2 aliphatic carbocycles. The van der Waals surface area contributed by atoms with Gasteiger partial charge in [-0.3, -0.25) is 0 Å². The van der Waals surface area contributed by atoms with E-state index in [4.69, 9.17) is 0 Å². The lowest BCUT2D eigenvalue weighted by atomic mass is 9.33. The molecule has 0 amide bonds. The van der Waals surface area contributed by atoms with Gasteiger partial charge in [0.15, 0.2) is 0 Å². The molecule has 2 saturated carbocycles. The van der Waals surface area contributed by atoms with Gasteiger partial charge >= 0.3 is 0 Å². The first-order chi connectivity index (χ1) is 29.1. The fraction of sp³-hybridized carbons (Fsp3) is 0.474. The minimum atomic E-state index is -1.54. The molecule has 0 aromatic heterocycles. The largest absolute Gasteiger partial charge is 0.335 e. The van der Waals surface area contributed by atoms with Crippen molar-refractivity contribution in [1.29, 1.82) is 0 Å². The van der Waals surface area contributed by atoms with E-state index >= 15 is 0 Å². The number of para-hydroxylation sites is 1. The maximum atomic E-state index is 2.93. The topological polar surface area (TPSA) is 9.72 Å². The maximum absolute atomic E-state index is 2.93. The summed E-state index contributed by atoms with van der Waals surface area (Å²) in [4.78, 5) is 8.48. The van der Waals surface area contributed by atoms with E-state index in [-0.39, 0.29) is 39.5 Å². The highest BCUT2D eigenvalue weighted by Gasteiger charge is 2.62. The van der Waals surface area contributed by atoms with Crippen molar-refractivity contribution in [2.24, 2.45) is 0 Å². The zero-order chi connectivity index (χ0) is 43.7. The van der Waals surface area contributed by atoms with Crippen molar-refractivity contribution >= 4 is 76.2 Å². The first-order valence-electron chi connectivity index (χ1n) is 24.2. The van der Waals surface area contributed by atoms with Crippen LogP contribution in [0.1, 0.15) is 143 Å². The summed E-state index contributed by atoms with van der Waals surface area (Å²) in [5.41, 5.74) is 20.1. The summed E-state index contributed by atoms with van der Waals surface area (Å²) >= 11 is 0. The lowest BCUT2D eigenvalue weighted by Crippen LogP contribution is -2.64. The van der Waals surface area contributed by atoms with Crippen LogP contribution in [0.2, 0.25) is 19.6 Å². The molecule has 5 aromatic rings. The fourth-order valence-corrected chi connectivity index (χ4v) is 15.0. The number of nitrogens with zero attached hydrogens (tertiary/aromatic N) is 3. The second kappa shape index (κ2) is 12.7. The highest BCUT2D eigenvalue weighted by molar-refractivity contribution is 7.00. The van der Waals surface area contributed by atoms with Crippen LogP contribution in [0.15, 0.2) is 91.0 Å². The van der Waals surface area contributed by atoms with Crippen molar-refractivity contribution in [3.63, 3.8) is 0 Å². The van der Waals surface area contributed by atoms with Crippen LogP contribution in [0.3, 0.4) is 0 Å². The van der Waals surface area contributed by atoms with Gasteiger partial charge in [0.1, 0.15) is 0 Å². The molecule has 0 spiro atoms. The van der Waals surface area contributed by atoms with Crippen molar-refractivity contribution in [1.82, 2.24) is 0 Å². The van der Waals surface area contributed by atoms with Crippen LogP contribution in [-0.4, -0.2) is 25.9 Å². The summed E-state index contributed by atoms with van der Waals surface area (Å²) in [7, 11) is -1.54. The minimum absolute atomic E-state index is 0.0248. The van der Waals surface area contributed by atoms with Crippen LogP contribution in [-0.2, 0) is 21.7 Å². The Kier molecular flexibility index (Phi) is 8.33. The number of rotatable bonds is 3. The second-order valence-corrected chi connectivity index (χ2v) is 29.6. The van der Waals surface area contributed by atoms with E-state index < -0.39 is 8.07 Å². The van der Waals surface area contributed by atoms with E-state index in [2.05, 4.69) is 195 Å². The van der Waals surface area contributed by atoms with Crippen LogP contribution < -0.4 is 36.3 Å². The van der Waals surface area contributed by atoms with Crippen LogP contribution in [0.5, 0.6) is 0 Å². The van der Waals surface area contributed by atoms with Gasteiger partial charge < -0.3 is 14.7 Å². The molecule has 5 heteroatoms. The lowest BCUT2D eigenvalue weighted by Gasteiger charge is -2.54. The molecule has 62 heavy (non-hydrogen) atoms. The molecule has 4 atom stereocenters. The van der Waals surface area contributed by atoms with Gasteiger partial charge in [0.05, 0.1) is 19.2 Å². The molecule has 320 valence electrons. The Hall–Kier alpha value is -4.22. The van der Waals surface area contributed by atoms with Gasteiger partial charge in [-0.15, -0.1) is 0 Å². The molecule has 0 N–H and O–H groups in total. The molecule has 4 heterocycles. The molecule has 6 aliphatic rings. The quantitative estimate of drug-likeness (QED) is 0.164. The standard InChI is InChI=1S/C57H70BN3Si/c1-52(2,3)37-21-24-39(25-22-37)59-47-27-23-38(53(4,5)6)33-45(47)58-44-20-18-19-42-51(44)61(57(10)32-17-14-29-54(42,57)7)49-35-40(34-48(59)50(49)58)60-46-28-26-41(62(11,12)13)36-43(46)55(8)30-15-16-31-56(55,60)9/h18-28,33-36H,14-17,29-32H2,1-13H3. The molecule has 4 unspecified atom stereocenters. The van der Waals surface area contributed by atoms with Crippen LogP contribution in [0.4, 0.5) is 39.8 Å². The summed E-state index contributed by atoms with van der Waals surface area (Å²) in [6, 6.07) is 37.6. The Morgan fingerprint density at radius 3 is 1.74 bits per heavy atom. The van der Waals surface area contributed by atoms with E-state index in [0.717, 1.165) is 0 Å². The van der Waals surface area contributed by atoms with Gasteiger partial charge in [0.25, 0.3) is 6.71 Å². The fourth-order valence-electron chi connectivity index (χ4n) is 13.9. The highest BCUT2D eigenvalue weighted by Crippen LogP contribution is 2.64. The molecular formula is C57H70BN3Si. The van der Waals surface area contributed by atoms with Gasteiger partial charge in [-0.25, -0.2) is 0 Å². The average molecular weight is 836 g/mol. The molecule has 2 fully saturated rings. The summed E-state index contributed by atoms with van der Waals surface area (Å²) in [5.74, 6) is 0. The van der Waals surface area contributed by atoms with E-state index in [1.807, 2.05) is 0 Å². The van der Waals surface area contributed by atoms with Gasteiger partial charge in [-0.2, -0.15) is 0 Å². The van der Waals surface area contributed by atoms with Crippen LogP contribution >= 0.6 is 0 Å². The van der Waals surface area contributed by atoms with E-state index in [0.29, 0.717) is 0 Å². The number of anilines is 7. The summed E-state index contributed by atoms with van der Waals surface area (Å²) in [6.45, 7) is 32.3. The van der Waals surface area contributed by atoms with E-state index in [1.165, 1.54) is 119 Å². The first kappa shape index (κ1) is 40.5. The van der Waals surface area contributed by atoms with Gasteiger partial charge in [-0.1, -0.05) is 160 Å². The monoisotopic (exact) mass is 836 g/mol. The third-order valence-electron chi connectivity index (χ3n) is 18.0. The predicted octanol–water partition coefficient (Wildman–Crippen LogP) is 12.9. The van der Waals surface area contributed by atoms with Crippen molar-refractivity contribution in [3.8, 4) is 0 Å². The van der Waals surface area contributed by atoms with Crippen molar-refractivity contribution < 1.29 is 0 Å². The lowest BCUT2D eigenvalue weighted by molar-refractivity contribution is 0.194. The van der Waals surface area contributed by atoms with Gasteiger partial charge in [0, 0.05) is 50.6 Å². The predicted molar refractivity (Wildman–Crippen MR) is 272 cm³/mol. The SMILES string of the molecule is CC(C)(C)c1ccc(N2c3ccc(C(C)(C)C)cc3B3c4cccc5c4N(c4cc(N6c7ccc([Si](C)(C)C)cc7C7(C)CCCCC67C)cc2c43)C2(C)CCCCC52C)cc1. The Labute approximate surface area is 375 Å². The third-order valence-corrected chi connectivity index (χ3v) is 20.1. The van der Waals surface area contributed by atoms with Crippen molar-refractivity contribution in [2.45, 2.75) is 173 Å². The molecular weight excluding hydrogens is 766 g/mol. The highest BCUT2D eigenvalue weighted by atomic mass is 28.3. The van der Waals surface area contributed by atoms with E-state index in [1.54, 1.807) is 16.3 Å². The molecule has 4 aliphatic heterocycles. The zero-order valence-corrected chi connectivity index (χ0v) is 41.2. The zero-order valence-electron chi connectivity index (χ0n) is 40.2. The molecule has 0 saturated heterocycles. The van der Waals surface area contributed by atoms with Crippen molar-refractivity contribution in [2.75, 3.05) is 14.7 Å². The Balaban J connectivity index is 1.25. The number of benzene rings is 5. The molecule has 5 aromatic carbocycles. The second-order valence-electron chi connectivity index (χ2n) is 24.5. The van der Waals surface area contributed by atoms with Gasteiger partial charge in [0.2, 0.25) is 0 Å². The first-order valence-corrected chi connectivity index (χ1v) is 27.7. The maximum Gasteiger partial charge on any atom is 0.252 e. The number of hydrogen-bond acceptors (Lipinski definition) is 3. The summed E-state index contributed by atoms with van der Waals surface area (Å²) < 4.78 is 0. The third kappa shape index (κ3) is 5.18. The van der Waals surface area contributed by atoms with Crippen molar-refractivity contribution in [3.05, 3.63) is 113 Å². The average Bonchev–Trinajstić information content (AvgIpc) is 3.56.